The van der Waals surface area contributed by atoms with Crippen LogP contribution in [0.15, 0.2) is 60.7 Å². The van der Waals surface area contributed by atoms with E-state index in [0.29, 0.717) is 11.8 Å². The van der Waals surface area contributed by atoms with Crippen LogP contribution >= 0.6 is 0 Å². The summed E-state index contributed by atoms with van der Waals surface area (Å²) in [5.74, 6) is 0.999. The number of ether oxygens (including phenoxy) is 1. The van der Waals surface area contributed by atoms with Gasteiger partial charge < -0.3 is 4.74 Å². The van der Waals surface area contributed by atoms with Crippen LogP contribution in [-0.2, 0) is 4.74 Å². The van der Waals surface area contributed by atoms with E-state index in [1.54, 1.807) is 0 Å². The fourth-order valence-electron chi connectivity index (χ4n) is 2.70. The predicted molar refractivity (Wildman–Crippen MR) is 89.8 cm³/mol. The highest BCUT2D eigenvalue weighted by Gasteiger charge is 2.12. The molecular formula is C20H26O. The van der Waals surface area contributed by atoms with Crippen LogP contribution in [0.4, 0.5) is 0 Å². The average molecular weight is 282 g/mol. The van der Waals surface area contributed by atoms with E-state index in [9.17, 15) is 0 Å². The molecule has 2 aromatic rings. The Kier molecular flexibility index (Phi) is 6.49. The van der Waals surface area contributed by atoms with Gasteiger partial charge in [-0.1, -0.05) is 74.5 Å². The summed E-state index contributed by atoms with van der Waals surface area (Å²) in [4.78, 5) is 0. The van der Waals surface area contributed by atoms with Gasteiger partial charge in [-0.3, -0.25) is 0 Å². The van der Waals surface area contributed by atoms with Crippen molar-refractivity contribution in [1.29, 1.82) is 0 Å². The summed E-state index contributed by atoms with van der Waals surface area (Å²) < 4.78 is 6.05. The van der Waals surface area contributed by atoms with Gasteiger partial charge in [-0.15, -0.1) is 0 Å². The number of hydrogen-bond acceptors (Lipinski definition) is 1. The van der Waals surface area contributed by atoms with Gasteiger partial charge >= 0.3 is 0 Å². The van der Waals surface area contributed by atoms with Crippen LogP contribution in [0, 0.1) is 0 Å². The first-order valence-corrected chi connectivity index (χ1v) is 8.02. The average Bonchev–Trinajstić information content (AvgIpc) is 2.57. The molecule has 0 saturated heterocycles. The molecule has 0 aliphatic heterocycles. The van der Waals surface area contributed by atoms with Crippen LogP contribution in [0.25, 0.3) is 0 Å². The van der Waals surface area contributed by atoms with Gasteiger partial charge in [0.1, 0.15) is 0 Å². The minimum absolute atomic E-state index is 0.500. The summed E-state index contributed by atoms with van der Waals surface area (Å²) in [5.41, 5.74) is 2.76. The molecule has 21 heavy (non-hydrogen) atoms. The van der Waals surface area contributed by atoms with E-state index in [0.717, 1.165) is 26.1 Å². The Morgan fingerprint density at radius 3 is 1.38 bits per heavy atom. The van der Waals surface area contributed by atoms with Gasteiger partial charge in [-0.2, -0.15) is 0 Å². The van der Waals surface area contributed by atoms with Gasteiger partial charge in [0.05, 0.1) is 13.2 Å². The van der Waals surface area contributed by atoms with E-state index in [2.05, 4.69) is 74.5 Å². The van der Waals surface area contributed by atoms with Gasteiger partial charge in [0.2, 0.25) is 0 Å². The highest BCUT2D eigenvalue weighted by atomic mass is 16.5. The van der Waals surface area contributed by atoms with Gasteiger partial charge in [-0.05, 0) is 24.0 Å². The van der Waals surface area contributed by atoms with Crippen molar-refractivity contribution in [1.82, 2.24) is 0 Å². The maximum Gasteiger partial charge on any atom is 0.0534 e. The zero-order valence-electron chi connectivity index (χ0n) is 13.2. The largest absolute Gasteiger partial charge is 0.380 e. The molecule has 1 nitrogen and oxygen atoms in total. The third-order valence-corrected chi connectivity index (χ3v) is 4.17. The molecule has 2 rings (SSSR count). The predicted octanol–water partition coefficient (Wildman–Crippen LogP) is 5.39. The fraction of sp³-hybridized carbons (Fsp3) is 0.400. The molecule has 0 spiro atoms. The molecule has 1 heteroatoms. The molecule has 0 unspecified atom stereocenters. The molecule has 0 fully saturated rings. The molecule has 0 aliphatic rings. The molecule has 0 aromatic heterocycles. The Hall–Kier alpha value is -1.60. The summed E-state index contributed by atoms with van der Waals surface area (Å²) in [5, 5.41) is 0. The van der Waals surface area contributed by atoms with E-state index in [4.69, 9.17) is 4.74 Å². The highest BCUT2D eigenvalue weighted by Crippen LogP contribution is 2.23. The molecule has 0 heterocycles. The smallest absolute Gasteiger partial charge is 0.0534 e. The highest BCUT2D eigenvalue weighted by molar-refractivity contribution is 5.20. The Balaban J connectivity index is 1.87. The van der Waals surface area contributed by atoms with Crippen molar-refractivity contribution in [2.75, 3.05) is 13.2 Å². The molecule has 0 N–H and O–H groups in total. The maximum atomic E-state index is 6.05. The molecule has 0 radical (unpaired) electrons. The molecule has 0 amide bonds. The van der Waals surface area contributed by atoms with Crippen molar-refractivity contribution in [2.45, 2.75) is 38.5 Å². The maximum absolute atomic E-state index is 6.05. The third kappa shape index (κ3) is 4.71. The van der Waals surface area contributed by atoms with E-state index in [1.807, 2.05) is 0 Å². The van der Waals surface area contributed by atoms with Crippen molar-refractivity contribution in [3.05, 3.63) is 71.8 Å². The molecule has 2 aromatic carbocycles. The zero-order chi connectivity index (χ0) is 14.9. The van der Waals surface area contributed by atoms with Crippen molar-refractivity contribution in [3.63, 3.8) is 0 Å². The summed E-state index contributed by atoms with van der Waals surface area (Å²) >= 11 is 0. The van der Waals surface area contributed by atoms with E-state index in [1.165, 1.54) is 11.1 Å². The van der Waals surface area contributed by atoms with Gasteiger partial charge in [0.25, 0.3) is 0 Å². The van der Waals surface area contributed by atoms with Crippen molar-refractivity contribution in [3.8, 4) is 0 Å². The molecule has 112 valence electrons. The third-order valence-electron chi connectivity index (χ3n) is 4.17. The molecular weight excluding hydrogens is 256 g/mol. The van der Waals surface area contributed by atoms with E-state index < -0.39 is 0 Å². The number of hydrogen-bond donors (Lipinski definition) is 0. The summed E-state index contributed by atoms with van der Waals surface area (Å²) in [6.45, 7) is 6.08. The lowest BCUT2D eigenvalue weighted by molar-refractivity contribution is 0.104. The SMILES string of the molecule is CC[C@@H](COC[C@H](CC)c1ccccc1)c1ccccc1. The second-order valence-corrected chi connectivity index (χ2v) is 5.57. The number of benzene rings is 2. The lowest BCUT2D eigenvalue weighted by Crippen LogP contribution is -2.12. The van der Waals surface area contributed by atoms with Crippen LogP contribution in [0.2, 0.25) is 0 Å². The lowest BCUT2D eigenvalue weighted by Gasteiger charge is -2.19. The quantitative estimate of drug-likeness (QED) is 0.630. The summed E-state index contributed by atoms with van der Waals surface area (Å²) in [6.07, 6.45) is 2.23. The first-order valence-electron chi connectivity index (χ1n) is 8.02. The topological polar surface area (TPSA) is 9.23 Å². The van der Waals surface area contributed by atoms with Crippen molar-refractivity contribution in [2.24, 2.45) is 0 Å². The molecule has 2 atom stereocenters. The molecule has 0 aliphatic carbocycles. The van der Waals surface area contributed by atoms with Crippen molar-refractivity contribution < 1.29 is 4.74 Å². The van der Waals surface area contributed by atoms with Gasteiger partial charge in [0, 0.05) is 11.8 Å². The summed E-state index contributed by atoms with van der Waals surface area (Å²) in [7, 11) is 0. The monoisotopic (exact) mass is 282 g/mol. The minimum atomic E-state index is 0.500. The number of rotatable bonds is 8. The molecule has 0 bridgehead atoms. The second kappa shape index (κ2) is 8.63. The van der Waals surface area contributed by atoms with Gasteiger partial charge in [0.15, 0.2) is 0 Å². The first-order chi connectivity index (χ1) is 10.3. The Morgan fingerprint density at radius 2 is 1.05 bits per heavy atom. The lowest BCUT2D eigenvalue weighted by atomic mass is 9.96. The van der Waals surface area contributed by atoms with Gasteiger partial charge in [-0.25, -0.2) is 0 Å². The Morgan fingerprint density at radius 1 is 0.667 bits per heavy atom. The zero-order valence-corrected chi connectivity index (χ0v) is 13.2. The minimum Gasteiger partial charge on any atom is -0.380 e. The molecule has 0 saturated carbocycles. The van der Waals surface area contributed by atoms with Crippen LogP contribution < -0.4 is 0 Å². The van der Waals surface area contributed by atoms with Crippen molar-refractivity contribution >= 4 is 0 Å². The van der Waals surface area contributed by atoms with E-state index in [-0.39, 0.29) is 0 Å². The first kappa shape index (κ1) is 15.8. The second-order valence-electron chi connectivity index (χ2n) is 5.57. The van der Waals surface area contributed by atoms with E-state index >= 15 is 0 Å². The standard InChI is InChI=1S/C20H26O/c1-3-17(19-11-7-5-8-12-19)15-21-16-18(4-2)20-13-9-6-10-14-20/h5-14,17-18H,3-4,15-16H2,1-2H3/t17-,18-/m0/s1. The fourth-order valence-corrected chi connectivity index (χ4v) is 2.70. The van der Waals surface area contributed by atoms with Crippen LogP contribution in [0.3, 0.4) is 0 Å². The Bertz CT molecular complexity index is 444. The normalized spacial score (nSPS) is 13.8. The van der Waals surface area contributed by atoms with Crippen LogP contribution in [0.5, 0.6) is 0 Å². The van der Waals surface area contributed by atoms with Crippen LogP contribution in [0.1, 0.15) is 49.7 Å². The summed E-state index contributed by atoms with van der Waals surface area (Å²) in [6, 6.07) is 21.4. The Labute approximate surface area is 129 Å². The van der Waals surface area contributed by atoms with Crippen LogP contribution in [-0.4, -0.2) is 13.2 Å².